The molecule has 2 aromatic rings. The van der Waals surface area contributed by atoms with Gasteiger partial charge in [-0.05, 0) is 23.4 Å². The van der Waals surface area contributed by atoms with Crippen LogP contribution in [-0.4, -0.2) is 22.4 Å². The summed E-state index contributed by atoms with van der Waals surface area (Å²) in [5.41, 5.74) is 0. The van der Waals surface area contributed by atoms with E-state index in [0.29, 0.717) is 19.0 Å². The molecule has 2 aromatic heterocycles. The van der Waals surface area contributed by atoms with Crippen LogP contribution in [0.1, 0.15) is 11.8 Å². The van der Waals surface area contributed by atoms with Crippen LogP contribution in [0, 0.1) is 5.92 Å². The van der Waals surface area contributed by atoms with E-state index in [1.807, 2.05) is 34.5 Å². The molecule has 0 aliphatic heterocycles. The molecule has 102 valence electrons. The Hall–Kier alpha value is -1.82. The molecule has 1 unspecified atom stereocenters. The maximum absolute atomic E-state index is 11.6. The van der Waals surface area contributed by atoms with Gasteiger partial charge in [-0.15, -0.1) is 11.3 Å². The van der Waals surface area contributed by atoms with Gasteiger partial charge in [-0.1, -0.05) is 13.0 Å². The molecule has 0 radical (unpaired) electrons. The van der Waals surface area contributed by atoms with Crippen molar-refractivity contribution in [2.75, 3.05) is 6.54 Å². The Labute approximate surface area is 116 Å². The third kappa shape index (κ3) is 4.75. The Balaban J connectivity index is 1.63. The predicted molar refractivity (Wildman–Crippen MR) is 75.9 cm³/mol. The van der Waals surface area contributed by atoms with Crippen LogP contribution in [0.25, 0.3) is 0 Å². The van der Waals surface area contributed by atoms with Crippen LogP contribution in [0.5, 0.6) is 0 Å². The van der Waals surface area contributed by atoms with E-state index in [4.69, 9.17) is 0 Å². The van der Waals surface area contributed by atoms with Gasteiger partial charge < -0.3 is 10.6 Å². The zero-order chi connectivity index (χ0) is 13.5. The number of urea groups is 1. The number of aromatic nitrogens is 2. The minimum atomic E-state index is -0.124. The molecular weight excluding hydrogens is 260 g/mol. The number of amides is 2. The summed E-state index contributed by atoms with van der Waals surface area (Å²) in [6.07, 6.45) is 3.68. The maximum Gasteiger partial charge on any atom is 0.315 e. The fraction of sp³-hybridized carbons (Fsp3) is 0.385. The van der Waals surface area contributed by atoms with E-state index < -0.39 is 0 Å². The van der Waals surface area contributed by atoms with Gasteiger partial charge in [-0.25, -0.2) is 4.79 Å². The van der Waals surface area contributed by atoms with Crippen LogP contribution in [0.3, 0.4) is 0 Å². The second-order valence-electron chi connectivity index (χ2n) is 4.48. The summed E-state index contributed by atoms with van der Waals surface area (Å²) >= 11 is 1.64. The van der Waals surface area contributed by atoms with E-state index in [2.05, 4.69) is 22.7 Å². The number of carbonyl (C=O) groups excluding carboxylic acids is 1. The Morgan fingerprint density at radius 2 is 2.37 bits per heavy atom. The highest BCUT2D eigenvalue weighted by atomic mass is 32.1. The highest BCUT2D eigenvalue weighted by Gasteiger charge is 2.06. The molecule has 0 aliphatic rings. The lowest BCUT2D eigenvalue weighted by atomic mass is 10.2. The van der Waals surface area contributed by atoms with Crippen LogP contribution in [-0.2, 0) is 13.1 Å². The number of rotatable bonds is 6. The van der Waals surface area contributed by atoms with Crippen LogP contribution in [0.2, 0.25) is 0 Å². The van der Waals surface area contributed by atoms with Crippen molar-refractivity contribution in [2.24, 2.45) is 5.92 Å². The van der Waals surface area contributed by atoms with E-state index in [1.165, 1.54) is 0 Å². The molecule has 0 spiro atoms. The molecule has 0 fully saturated rings. The van der Waals surface area contributed by atoms with Gasteiger partial charge in [-0.2, -0.15) is 5.10 Å². The number of thiophene rings is 1. The summed E-state index contributed by atoms with van der Waals surface area (Å²) in [7, 11) is 0. The van der Waals surface area contributed by atoms with Crippen molar-refractivity contribution in [1.82, 2.24) is 20.4 Å². The van der Waals surface area contributed by atoms with Crippen molar-refractivity contribution >= 4 is 17.4 Å². The molecule has 0 aliphatic carbocycles. The van der Waals surface area contributed by atoms with Gasteiger partial charge in [0.05, 0.1) is 6.54 Å². The molecule has 19 heavy (non-hydrogen) atoms. The van der Waals surface area contributed by atoms with Gasteiger partial charge in [-0.3, -0.25) is 4.68 Å². The normalized spacial score (nSPS) is 12.1. The third-order valence-corrected chi connectivity index (χ3v) is 3.55. The molecule has 0 aromatic carbocycles. The lowest BCUT2D eigenvalue weighted by Crippen LogP contribution is -2.38. The molecule has 2 heterocycles. The lowest BCUT2D eigenvalue weighted by Gasteiger charge is -2.13. The first kappa shape index (κ1) is 13.6. The Morgan fingerprint density at radius 1 is 1.47 bits per heavy atom. The molecule has 0 saturated heterocycles. The Kier molecular flexibility index (Phi) is 4.97. The number of nitrogens with one attached hydrogen (secondary N) is 2. The monoisotopic (exact) mass is 278 g/mol. The second kappa shape index (κ2) is 6.94. The summed E-state index contributed by atoms with van der Waals surface area (Å²) < 4.78 is 1.87. The molecule has 1 atom stereocenters. The average Bonchev–Trinajstić information content (AvgIpc) is 3.06. The van der Waals surface area contributed by atoms with Crippen molar-refractivity contribution in [2.45, 2.75) is 20.0 Å². The van der Waals surface area contributed by atoms with Crippen LogP contribution >= 0.6 is 11.3 Å². The van der Waals surface area contributed by atoms with Gasteiger partial charge in [0.15, 0.2) is 0 Å². The third-order valence-electron chi connectivity index (χ3n) is 2.67. The minimum absolute atomic E-state index is 0.124. The van der Waals surface area contributed by atoms with Crippen molar-refractivity contribution in [3.8, 4) is 0 Å². The first-order chi connectivity index (χ1) is 9.24. The van der Waals surface area contributed by atoms with Gasteiger partial charge in [0.2, 0.25) is 0 Å². The molecule has 2 rings (SSSR count). The number of hydrogen-bond donors (Lipinski definition) is 2. The summed E-state index contributed by atoms with van der Waals surface area (Å²) in [4.78, 5) is 12.8. The number of carbonyl (C=O) groups is 1. The predicted octanol–water partition coefficient (Wildman–Crippen LogP) is 2.08. The quantitative estimate of drug-likeness (QED) is 0.850. The molecule has 2 N–H and O–H groups in total. The van der Waals surface area contributed by atoms with Gasteiger partial charge in [0, 0.05) is 30.4 Å². The molecule has 0 saturated carbocycles. The summed E-state index contributed by atoms with van der Waals surface area (Å²) in [6.45, 7) is 4.10. The molecule has 5 nitrogen and oxygen atoms in total. The highest BCUT2D eigenvalue weighted by molar-refractivity contribution is 7.09. The lowest BCUT2D eigenvalue weighted by molar-refractivity contribution is 0.238. The average molecular weight is 278 g/mol. The van der Waals surface area contributed by atoms with E-state index >= 15 is 0 Å². The van der Waals surface area contributed by atoms with Gasteiger partial charge >= 0.3 is 6.03 Å². The Bertz CT molecular complexity index is 481. The second-order valence-corrected chi connectivity index (χ2v) is 5.51. The molecule has 2 amide bonds. The standard InChI is InChI=1S/C13H18N4OS/c1-11(10-17-6-3-5-16-17)8-14-13(18)15-9-12-4-2-7-19-12/h2-7,11H,8-10H2,1H3,(H2,14,15,18). The van der Waals surface area contributed by atoms with Gasteiger partial charge in [0.1, 0.15) is 0 Å². The topological polar surface area (TPSA) is 59.0 Å². The Morgan fingerprint density at radius 3 is 3.05 bits per heavy atom. The molecule has 0 bridgehead atoms. The van der Waals surface area contributed by atoms with E-state index in [9.17, 15) is 4.79 Å². The van der Waals surface area contributed by atoms with Crippen molar-refractivity contribution in [3.05, 3.63) is 40.8 Å². The van der Waals surface area contributed by atoms with Crippen LogP contribution in [0.4, 0.5) is 4.79 Å². The molecule has 6 heteroatoms. The first-order valence-corrected chi connectivity index (χ1v) is 7.13. The smallest absolute Gasteiger partial charge is 0.315 e. The van der Waals surface area contributed by atoms with E-state index in [0.717, 1.165) is 11.4 Å². The zero-order valence-corrected chi connectivity index (χ0v) is 11.7. The van der Waals surface area contributed by atoms with Crippen LogP contribution < -0.4 is 10.6 Å². The fourth-order valence-corrected chi connectivity index (χ4v) is 2.35. The van der Waals surface area contributed by atoms with E-state index in [1.54, 1.807) is 17.5 Å². The number of hydrogen-bond acceptors (Lipinski definition) is 3. The minimum Gasteiger partial charge on any atom is -0.338 e. The van der Waals surface area contributed by atoms with Crippen molar-refractivity contribution < 1.29 is 4.79 Å². The summed E-state index contributed by atoms with van der Waals surface area (Å²) in [5, 5.41) is 11.9. The first-order valence-electron chi connectivity index (χ1n) is 6.25. The van der Waals surface area contributed by atoms with E-state index in [-0.39, 0.29) is 6.03 Å². The summed E-state index contributed by atoms with van der Waals surface area (Å²) in [6, 6.07) is 5.76. The van der Waals surface area contributed by atoms with Gasteiger partial charge in [0.25, 0.3) is 0 Å². The largest absolute Gasteiger partial charge is 0.338 e. The molecular formula is C13H18N4OS. The van der Waals surface area contributed by atoms with Crippen molar-refractivity contribution in [1.29, 1.82) is 0 Å². The van der Waals surface area contributed by atoms with Crippen LogP contribution in [0.15, 0.2) is 36.0 Å². The maximum atomic E-state index is 11.6. The zero-order valence-electron chi connectivity index (χ0n) is 10.9. The SMILES string of the molecule is CC(CNC(=O)NCc1cccs1)Cn1cccn1. The summed E-state index contributed by atoms with van der Waals surface area (Å²) in [5.74, 6) is 0.340. The fourth-order valence-electron chi connectivity index (χ4n) is 1.70. The van der Waals surface area contributed by atoms with Crippen molar-refractivity contribution in [3.63, 3.8) is 0 Å². The number of nitrogens with zero attached hydrogens (tertiary/aromatic N) is 2. The highest BCUT2D eigenvalue weighted by Crippen LogP contribution is 2.07.